The molecule has 5 nitrogen and oxygen atoms in total. The van der Waals surface area contributed by atoms with E-state index in [4.69, 9.17) is 24.9 Å². The number of nitrogens with zero attached hydrogens (tertiary/aromatic N) is 1. The van der Waals surface area contributed by atoms with Gasteiger partial charge in [0.2, 0.25) is 0 Å². The van der Waals surface area contributed by atoms with Crippen LogP contribution in [0.1, 0.15) is 38.3 Å². The van der Waals surface area contributed by atoms with Crippen LogP contribution in [-0.2, 0) is 15.0 Å². The summed E-state index contributed by atoms with van der Waals surface area (Å²) in [6.45, 7) is 7.43. The quantitative estimate of drug-likeness (QED) is 0.865. The molecule has 2 heterocycles. The Hall–Kier alpha value is -2.37. The fourth-order valence-electron chi connectivity index (χ4n) is 3.60. The summed E-state index contributed by atoms with van der Waals surface area (Å²) in [5.74, 6) is 2.06. The number of nitrogens with two attached hydrogens (primary N) is 1. The van der Waals surface area contributed by atoms with Crippen molar-refractivity contribution < 1.29 is 14.2 Å². The SMILES string of the molecule is CC(C)(C)COC1OCCC(N)=NC12c1ccccc1Oc1ccccc12. The lowest BCUT2D eigenvalue weighted by Gasteiger charge is -2.41. The Bertz CT molecular complexity index is 824. The maximum Gasteiger partial charge on any atom is 0.191 e. The molecule has 2 aliphatic heterocycles. The molecule has 2 aromatic rings. The summed E-state index contributed by atoms with van der Waals surface area (Å²) in [6, 6.07) is 15.8. The first-order valence-electron chi connectivity index (χ1n) is 9.34. The van der Waals surface area contributed by atoms with E-state index in [9.17, 15) is 0 Å². The van der Waals surface area contributed by atoms with Crippen LogP contribution in [0.3, 0.4) is 0 Å². The van der Waals surface area contributed by atoms with E-state index >= 15 is 0 Å². The van der Waals surface area contributed by atoms with Gasteiger partial charge in [0, 0.05) is 17.5 Å². The number of amidine groups is 1. The molecule has 1 unspecified atom stereocenters. The smallest absolute Gasteiger partial charge is 0.191 e. The molecule has 0 aliphatic carbocycles. The molecule has 5 heteroatoms. The molecule has 142 valence electrons. The van der Waals surface area contributed by atoms with Gasteiger partial charge in [0.15, 0.2) is 11.8 Å². The predicted molar refractivity (Wildman–Crippen MR) is 105 cm³/mol. The third kappa shape index (κ3) is 3.22. The number of hydrogen-bond donors (Lipinski definition) is 1. The minimum atomic E-state index is -0.892. The minimum Gasteiger partial charge on any atom is -0.457 e. The number of ether oxygens (including phenoxy) is 3. The second-order valence-electron chi connectivity index (χ2n) is 8.29. The van der Waals surface area contributed by atoms with E-state index in [1.807, 2.05) is 48.5 Å². The van der Waals surface area contributed by atoms with Crippen molar-refractivity contribution in [3.05, 3.63) is 59.7 Å². The van der Waals surface area contributed by atoms with Crippen LogP contribution in [0.15, 0.2) is 53.5 Å². The van der Waals surface area contributed by atoms with Gasteiger partial charge < -0.3 is 19.9 Å². The maximum absolute atomic E-state index is 6.34. The van der Waals surface area contributed by atoms with E-state index in [-0.39, 0.29) is 5.41 Å². The molecule has 0 bridgehead atoms. The van der Waals surface area contributed by atoms with Crippen LogP contribution in [0.4, 0.5) is 0 Å². The fraction of sp³-hybridized carbons (Fsp3) is 0.409. The first kappa shape index (κ1) is 18.0. The number of rotatable bonds is 2. The molecule has 2 aromatic carbocycles. The van der Waals surface area contributed by atoms with Gasteiger partial charge >= 0.3 is 0 Å². The van der Waals surface area contributed by atoms with Crippen molar-refractivity contribution in [2.24, 2.45) is 16.1 Å². The molecular formula is C22H26N2O3. The third-order valence-corrected chi connectivity index (χ3v) is 4.77. The van der Waals surface area contributed by atoms with Gasteiger partial charge in [-0.2, -0.15) is 0 Å². The maximum atomic E-state index is 6.34. The van der Waals surface area contributed by atoms with Crippen LogP contribution in [0.5, 0.6) is 11.5 Å². The Balaban J connectivity index is 1.94. The van der Waals surface area contributed by atoms with E-state index in [2.05, 4.69) is 20.8 Å². The van der Waals surface area contributed by atoms with E-state index in [1.54, 1.807) is 0 Å². The van der Waals surface area contributed by atoms with E-state index in [0.717, 1.165) is 22.6 Å². The molecule has 0 fully saturated rings. The zero-order valence-corrected chi connectivity index (χ0v) is 16.1. The largest absolute Gasteiger partial charge is 0.457 e. The summed E-state index contributed by atoms with van der Waals surface area (Å²) in [7, 11) is 0. The summed E-state index contributed by atoms with van der Waals surface area (Å²) < 4.78 is 18.7. The van der Waals surface area contributed by atoms with Crippen LogP contribution in [-0.4, -0.2) is 25.3 Å². The molecule has 27 heavy (non-hydrogen) atoms. The lowest BCUT2D eigenvalue weighted by atomic mass is 9.79. The molecule has 2 aliphatic rings. The minimum absolute atomic E-state index is 0.00366. The van der Waals surface area contributed by atoms with Gasteiger partial charge in [-0.1, -0.05) is 57.2 Å². The summed E-state index contributed by atoms with van der Waals surface area (Å²) in [5, 5.41) is 0. The van der Waals surface area contributed by atoms with Crippen molar-refractivity contribution in [3.8, 4) is 11.5 Å². The summed E-state index contributed by atoms with van der Waals surface area (Å²) in [6.07, 6.45) is -0.0218. The molecule has 2 N–H and O–H groups in total. The lowest BCUT2D eigenvalue weighted by molar-refractivity contribution is -0.183. The van der Waals surface area contributed by atoms with Gasteiger partial charge in [0.25, 0.3) is 0 Å². The fourth-order valence-corrected chi connectivity index (χ4v) is 3.60. The predicted octanol–water partition coefficient (Wildman–Crippen LogP) is 4.20. The molecule has 0 aromatic heterocycles. The Morgan fingerprint density at radius 3 is 2.26 bits per heavy atom. The van der Waals surface area contributed by atoms with Crippen molar-refractivity contribution in [3.63, 3.8) is 0 Å². The van der Waals surface area contributed by atoms with Crippen molar-refractivity contribution in [2.75, 3.05) is 13.2 Å². The van der Waals surface area contributed by atoms with Gasteiger partial charge in [-0.25, -0.2) is 0 Å². The topological polar surface area (TPSA) is 66.1 Å². The third-order valence-electron chi connectivity index (χ3n) is 4.77. The summed E-state index contributed by atoms with van der Waals surface area (Å²) >= 11 is 0. The van der Waals surface area contributed by atoms with Gasteiger partial charge in [0.1, 0.15) is 11.5 Å². The average Bonchev–Trinajstić information content (AvgIpc) is 2.79. The van der Waals surface area contributed by atoms with Crippen LogP contribution in [0.25, 0.3) is 0 Å². The molecule has 1 atom stereocenters. The molecule has 1 spiro atoms. The number of fused-ring (bicyclic) bond motifs is 4. The van der Waals surface area contributed by atoms with Crippen molar-refractivity contribution in [2.45, 2.75) is 39.0 Å². The molecule has 0 saturated carbocycles. The van der Waals surface area contributed by atoms with E-state index in [1.165, 1.54) is 0 Å². The van der Waals surface area contributed by atoms with Gasteiger partial charge in [-0.15, -0.1) is 0 Å². The van der Waals surface area contributed by atoms with Gasteiger partial charge in [0.05, 0.1) is 19.0 Å². The highest BCUT2D eigenvalue weighted by molar-refractivity contribution is 5.82. The summed E-state index contributed by atoms with van der Waals surface area (Å²) in [5.41, 5.74) is 7.20. The Morgan fingerprint density at radius 1 is 1.07 bits per heavy atom. The van der Waals surface area contributed by atoms with Crippen LogP contribution < -0.4 is 10.5 Å². The molecule has 0 radical (unpaired) electrons. The number of benzene rings is 2. The van der Waals surface area contributed by atoms with Crippen molar-refractivity contribution in [1.82, 2.24) is 0 Å². The normalized spacial score (nSPS) is 20.9. The number of para-hydroxylation sites is 2. The van der Waals surface area contributed by atoms with Crippen LogP contribution in [0.2, 0.25) is 0 Å². The number of aliphatic imine (C=N–C) groups is 1. The Labute approximate surface area is 160 Å². The molecule has 0 amide bonds. The first-order valence-corrected chi connectivity index (χ1v) is 9.34. The van der Waals surface area contributed by atoms with Gasteiger partial charge in [-0.3, -0.25) is 4.99 Å². The second kappa shape index (κ2) is 6.66. The molecule has 4 rings (SSSR count). The van der Waals surface area contributed by atoms with E-state index in [0.29, 0.717) is 25.5 Å². The highest BCUT2D eigenvalue weighted by atomic mass is 16.7. The van der Waals surface area contributed by atoms with Crippen LogP contribution in [0, 0.1) is 5.41 Å². The second-order valence-corrected chi connectivity index (χ2v) is 8.29. The lowest BCUT2D eigenvalue weighted by Crippen LogP contribution is -2.45. The molecule has 0 saturated heterocycles. The Morgan fingerprint density at radius 2 is 1.67 bits per heavy atom. The van der Waals surface area contributed by atoms with Crippen molar-refractivity contribution >= 4 is 5.84 Å². The zero-order chi connectivity index (χ0) is 19.1. The highest BCUT2D eigenvalue weighted by Crippen LogP contribution is 2.52. The summed E-state index contributed by atoms with van der Waals surface area (Å²) in [4.78, 5) is 5.00. The van der Waals surface area contributed by atoms with E-state index < -0.39 is 11.8 Å². The molecular weight excluding hydrogens is 340 g/mol. The highest BCUT2D eigenvalue weighted by Gasteiger charge is 2.51. The monoisotopic (exact) mass is 366 g/mol. The Kier molecular flexibility index (Phi) is 4.44. The van der Waals surface area contributed by atoms with Crippen molar-refractivity contribution in [1.29, 1.82) is 0 Å². The number of hydrogen-bond acceptors (Lipinski definition) is 5. The average molecular weight is 366 g/mol. The zero-order valence-electron chi connectivity index (χ0n) is 16.1. The van der Waals surface area contributed by atoms with Gasteiger partial charge in [-0.05, 0) is 17.5 Å². The standard InChI is InChI=1S/C22H26N2O3/c1-21(2,3)14-26-20-22(24-19(23)12-13-25-20)15-8-4-6-10-17(15)27-18-11-7-5-9-16(18)22/h4-11,20H,12-14H2,1-3H3,(H2,23,24). The van der Waals surface area contributed by atoms with Crippen LogP contribution >= 0.6 is 0 Å². The first-order chi connectivity index (χ1) is 12.9.